The van der Waals surface area contributed by atoms with E-state index in [2.05, 4.69) is 72.6 Å². The Morgan fingerprint density at radius 1 is 1.19 bits per heavy atom. The molecule has 2 atom stereocenters. The molecule has 0 saturated carbocycles. The predicted octanol–water partition coefficient (Wildman–Crippen LogP) is 4.88. The van der Waals surface area contributed by atoms with Crippen LogP contribution in [-0.4, -0.2) is 30.4 Å². The number of nitrogens with zero attached hydrogens (tertiary/aromatic N) is 1. The van der Waals surface area contributed by atoms with Crippen LogP contribution in [0, 0.1) is 5.92 Å². The molecule has 3 nitrogen and oxygen atoms in total. The topological polar surface area (TPSA) is 32.3 Å². The lowest BCUT2D eigenvalue weighted by atomic mass is 9.68. The summed E-state index contributed by atoms with van der Waals surface area (Å²) in [4.78, 5) is 14.0. The Morgan fingerprint density at radius 2 is 1.96 bits per heavy atom. The fraction of sp³-hybridized carbons (Fsp3) is 0.458. The molecule has 0 spiro atoms. The third-order valence-electron chi connectivity index (χ3n) is 6.19. The molecule has 1 aliphatic rings. The minimum absolute atomic E-state index is 0.0152. The van der Waals surface area contributed by atoms with Gasteiger partial charge < -0.3 is 10.2 Å². The van der Waals surface area contributed by atoms with Crippen LogP contribution < -0.4 is 5.32 Å². The van der Waals surface area contributed by atoms with Crippen molar-refractivity contribution in [2.75, 3.05) is 25.0 Å². The maximum Gasteiger partial charge on any atom is 0.221 e. The summed E-state index contributed by atoms with van der Waals surface area (Å²) < 4.78 is 0. The highest BCUT2D eigenvalue weighted by Crippen LogP contribution is 2.40. The number of anilines is 1. The summed E-state index contributed by atoms with van der Waals surface area (Å²) in [5.41, 5.74) is 3.83. The highest BCUT2D eigenvalue weighted by Gasteiger charge is 2.37. The van der Waals surface area contributed by atoms with Gasteiger partial charge in [0.05, 0.1) is 0 Å². The number of nitrogens with one attached hydrogen (secondary N) is 1. The van der Waals surface area contributed by atoms with Crippen LogP contribution in [0.25, 0.3) is 0 Å². The molecule has 1 aliphatic heterocycles. The molecule has 3 heteroatoms. The van der Waals surface area contributed by atoms with Crippen molar-refractivity contribution in [2.24, 2.45) is 5.92 Å². The molecular weight excluding hydrogens is 332 g/mol. The second-order valence-electron chi connectivity index (χ2n) is 8.22. The monoisotopic (exact) mass is 364 g/mol. The standard InChI is InChI=1S/C24H32N2O/c1-19-18-26(15-8-11-21-9-5-4-6-10-21)16-14-24(19,3)22-12-7-13-23(17-22)25-20(2)27/h4-7,9-10,12-13,17,19H,8,11,14-16,18H2,1-3H3,(H,25,27). The normalized spacial score (nSPS) is 23.1. The van der Waals surface area contributed by atoms with Crippen molar-refractivity contribution in [3.63, 3.8) is 0 Å². The van der Waals surface area contributed by atoms with Crippen LogP contribution in [0.3, 0.4) is 0 Å². The van der Waals surface area contributed by atoms with Crippen LogP contribution in [0.5, 0.6) is 0 Å². The summed E-state index contributed by atoms with van der Waals surface area (Å²) in [6.45, 7) is 9.75. The van der Waals surface area contributed by atoms with E-state index in [-0.39, 0.29) is 11.3 Å². The Labute approximate surface area is 163 Å². The average Bonchev–Trinajstić information content (AvgIpc) is 2.65. The molecule has 1 N–H and O–H groups in total. The first-order valence-corrected chi connectivity index (χ1v) is 10.1. The van der Waals surface area contributed by atoms with E-state index in [4.69, 9.17) is 0 Å². The molecule has 1 amide bonds. The van der Waals surface area contributed by atoms with Crippen molar-refractivity contribution in [2.45, 2.75) is 45.4 Å². The minimum Gasteiger partial charge on any atom is -0.326 e. The molecule has 0 bridgehead atoms. The third-order valence-corrected chi connectivity index (χ3v) is 6.19. The summed E-state index contributed by atoms with van der Waals surface area (Å²) in [6, 6.07) is 19.2. The van der Waals surface area contributed by atoms with E-state index in [1.807, 2.05) is 6.07 Å². The van der Waals surface area contributed by atoms with Gasteiger partial charge in [0.25, 0.3) is 0 Å². The Bertz CT molecular complexity index is 758. The van der Waals surface area contributed by atoms with E-state index in [0.717, 1.165) is 31.6 Å². The van der Waals surface area contributed by atoms with Gasteiger partial charge in [-0.15, -0.1) is 0 Å². The van der Waals surface area contributed by atoms with Crippen LogP contribution in [-0.2, 0) is 16.6 Å². The van der Waals surface area contributed by atoms with Gasteiger partial charge in [0.2, 0.25) is 5.91 Å². The molecule has 2 aromatic carbocycles. The largest absolute Gasteiger partial charge is 0.326 e. The van der Waals surface area contributed by atoms with Crippen LogP contribution >= 0.6 is 0 Å². The number of aryl methyl sites for hydroxylation is 1. The van der Waals surface area contributed by atoms with Gasteiger partial charge in [-0.2, -0.15) is 0 Å². The van der Waals surface area contributed by atoms with Crippen molar-refractivity contribution >= 4 is 11.6 Å². The molecule has 0 radical (unpaired) electrons. The van der Waals surface area contributed by atoms with E-state index in [1.54, 1.807) is 6.92 Å². The number of likely N-dealkylation sites (tertiary alicyclic amines) is 1. The van der Waals surface area contributed by atoms with Crippen molar-refractivity contribution < 1.29 is 4.79 Å². The predicted molar refractivity (Wildman–Crippen MR) is 113 cm³/mol. The zero-order valence-electron chi connectivity index (χ0n) is 16.9. The van der Waals surface area contributed by atoms with Crippen molar-refractivity contribution in [3.8, 4) is 0 Å². The molecule has 0 aromatic heterocycles. The van der Waals surface area contributed by atoms with Crippen molar-refractivity contribution in [1.29, 1.82) is 0 Å². The number of rotatable bonds is 6. The molecule has 1 heterocycles. The maximum atomic E-state index is 11.4. The third kappa shape index (κ3) is 4.98. The second kappa shape index (κ2) is 8.71. The Kier molecular flexibility index (Phi) is 6.33. The van der Waals surface area contributed by atoms with Gasteiger partial charge in [-0.25, -0.2) is 0 Å². The first kappa shape index (κ1) is 19.6. The Morgan fingerprint density at radius 3 is 2.67 bits per heavy atom. The van der Waals surface area contributed by atoms with E-state index < -0.39 is 0 Å². The second-order valence-corrected chi connectivity index (χ2v) is 8.22. The van der Waals surface area contributed by atoms with E-state index in [9.17, 15) is 4.79 Å². The summed E-state index contributed by atoms with van der Waals surface area (Å²) in [5.74, 6) is 0.564. The molecule has 27 heavy (non-hydrogen) atoms. The number of carbonyl (C=O) groups excluding carboxylic acids is 1. The van der Waals surface area contributed by atoms with Gasteiger partial charge in [-0.3, -0.25) is 4.79 Å². The smallest absolute Gasteiger partial charge is 0.221 e. The fourth-order valence-corrected chi connectivity index (χ4v) is 4.26. The first-order valence-electron chi connectivity index (χ1n) is 10.1. The molecule has 144 valence electrons. The lowest BCUT2D eigenvalue weighted by molar-refractivity contribution is -0.114. The summed E-state index contributed by atoms with van der Waals surface area (Å²) in [6.07, 6.45) is 3.52. The van der Waals surface area contributed by atoms with Gasteiger partial charge in [0.1, 0.15) is 0 Å². The fourth-order valence-electron chi connectivity index (χ4n) is 4.26. The Balaban J connectivity index is 1.58. The highest BCUT2D eigenvalue weighted by atomic mass is 16.1. The van der Waals surface area contributed by atoms with Crippen LogP contribution in [0.1, 0.15) is 44.7 Å². The van der Waals surface area contributed by atoms with Crippen LogP contribution in [0.2, 0.25) is 0 Å². The number of hydrogen-bond acceptors (Lipinski definition) is 2. The maximum absolute atomic E-state index is 11.4. The number of benzene rings is 2. The van der Waals surface area contributed by atoms with Gasteiger partial charge in [0, 0.05) is 19.2 Å². The molecule has 2 unspecified atom stereocenters. The number of carbonyl (C=O) groups is 1. The van der Waals surface area contributed by atoms with Crippen LogP contribution in [0.15, 0.2) is 54.6 Å². The van der Waals surface area contributed by atoms with Crippen LogP contribution in [0.4, 0.5) is 5.69 Å². The van der Waals surface area contributed by atoms with Gasteiger partial charge >= 0.3 is 0 Å². The van der Waals surface area contributed by atoms with E-state index in [0.29, 0.717) is 5.92 Å². The lowest BCUT2D eigenvalue weighted by Crippen LogP contribution is -2.47. The number of amides is 1. The molecule has 1 fully saturated rings. The average molecular weight is 365 g/mol. The van der Waals surface area contributed by atoms with Crippen molar-refractivity contribution in [3.05, 3.63) is 65.7 Å². The van der Waals surface area contributed by atoms with E-state index >= 15 is 0 Å². The SMILES string of the molecule is CC(=O)Nc1cccc(C2(C)CCN(CCCc3ccccc3)CC2C)c1. The summed E-state index contributed by atoms with van der Waals surface area (Å²) in [5, 5.41) is 2.92. The number of hydrogen-bond donors (Lipinski definition) is 1. The van der Waals surface area contributed by atoms with Gasteiger partial charge in [-0.05, 0) is 66.9 Å². The minimum atomic E-state index is -0.0152. The first-order chi connectivity index (χ1) is 13.0. The van der Waals surface area contributed by atoms with Crippen molar-refractivity contribution in [1.82, 2.24) is 4.90 Å². The molecule has 3 rings (SSSR count). The molecule has 1 saturated heterocycles. The number of piperidine rings is 1. The summed E-state index contributed by atoms with van der Waals surface area (Å²) >= 11 is 0. The summed E-state index contributed by atoms with van der Waals surface area (Å²) in [7, 11) is 0. The van der Waals surface area contributed by atoms with Gasteiger partial charge in [0.15, 0.2) is 0 Å². The quantitative estimate of drug-likeness (QED) is 0.792. The van der Waals surface area contributed by atoms with Gasteiger partial charge in [-0.1, -0.05) is 56.3 Å². The zero-order chi connectivity index (χ0) is 19.3. The molecular formula is C24H32N2O. The zero-order valence-corrected chi connectivity index (χ0v) is 16.9. The molecule has 0 aliphatic carbocycles. The lowest BCUT2D eigenvalue weighted by Gasteiger charge is -2.45. The highest BCUT2D eigenvalue weighted by molar-refractivity contribution is 5.88. The Hall–Kier alpha value is -2.13. The molecule has 2 aromatic rings. The van der Waals surface area contributed by atoms with E-state index in [1.165, 1.54) is 24.1 Å².